The Labute approximate surface area is 108 Å². The molecule has 0 radical (unpaired) electrons. The van der Waals surface area contributed by atoms with Crippen LogP contribution in [0.5, 0.6) is 0 Å². The second-order valence-electron chi connectivity index (χ2n) is 5.08. The minimum atomic E-state index is 0.433. The molecule has 17 heavy (non-hydrogen) atoms. The van der Waals surface area contributed by atoms with Gasteiger partial charge in [0.15, 0.2) is 5.82 Å². The SMILES string of the molecule is CC(C)C1CCN(c2ccc(CCl)nn2)CC1. The van der Waals surface area contributed by atoms with E-state index < -0.39 is 0 Å². The number of anilines is 1. The van der Waals surface area contributed by atoms with Gasteiger partial charge in [-0.05, 0) is 36.8 Å². The lowest BCUT2D eigenvalue weighted by molar-refractivity contribution is 0.310. The monoisotopic (exact) mass is 253 g/mol. The smallest absolute Gasteiger partial charge is 0.151 e. The zero-order valence-electron chi connectivity index (χ0n) is 10.6. The highest BCUT2D eigenvalue weighted by atomic mass is 35.5. The fourth-order valence-electron chi connectivity index (χ4n) is 2.39. The Morgan fingerprint density at radius 1 is 1.29 bits per heavy atom. The summed E-state index contributed by atoms with van der Waals surface area (Å²) in [4.78, 5) is 2.32. The third-order valence-corrected chi connectivity index (χ3v) is 3.92. The first kappa shape index (κ1) is 12.6. The van der Waals surface area contributed by atoms with E-state index in [1.165, 1.54) is 12.8 Å². The topological polar surface area (TPSA) is 29.0 Å². The molecule has 3 nitrogen and oxygen atoms in total. The lowest BCUT2D eigenvalue weighted by atomic mass is 9.87. The number of alkyl halides is 1. The van der Waals surface area contributed by atoms with Gasteiger partial charge in [0.2, 0.25) is 0 Å². The first-order chi connectivity index (χ1) is 8.20. The molecule has 0 unspecified atom stereocenters. The molecule has 94 valence electrons. The molecule has 1 aliphatic heterocycles. The normalized spacial score (nSPS) is 17.8. The molecule has 0 bridgehead atoms. The number of hydrogen-bond acceptors (Lipinski definition) is 3. The Hall–Kier alpha value is -0.830. The number of halogens is 1. The van der Waals surface area contributed by atoms with Gasteiger partial charge in [0.1, 0.15) is 0 Å². The van der Waals surface area contributed by atoms with Crippen molar-refractivity contribution in [3.8, 4) is 0 Å². The van der Waals surface area contributed by atoms with E-state index in [-0.39, 0.29) is 0 Å². The van der Waals surface area contributed by atoms with E-state index in [1.807, 2.05) is 12.1 Å². The number of nitrogens with zero attached hydrogens (tertiary/aromatic N) is 3. The molecule has 0 aromatic carbocycles. The van der Waals surface area contributed by atoms with Gasteiger partial charge in [-0.2, -0.15) is 5.10 Å². The summed E-state index contributed by atoms with van der Waals surface area (Å²) in [6.07, 6.45) is 2.52. The molecule has 1 aliphatic rings. The predicted molar refractivity (Wildman–Crippen MR) is 71.4 cm³/mol. The van der Waals surface area contributed by atoms with Gasteiger partial charge >= 0.3 is 0 Å². The van der Waals surface area contributed by atoms with Gasteiger partial charge in [-0.15, -0.1) is 16.7 Å². The van der Waals surface area contributed by atoms with Crippen molar-refractivity contribution >= 4 is 17.4 Å². The van der Waals surface area contributed by atoms with E-state index in [2.05, 4.69) is 28.9 Å². The minimum absolute atomic E-state index is 0.433. The molecule has 1 aromatic rings. The van der Waals surface area contributed by atoms with Crippen molar-refractivity contribution < 1.29 is 0 Å². The highest BCUT2D eigenvalue weighted by Gasteiger charge is 2.22. The van der Waals surface area contributed by atoms with Crippen molar-refractivity contribution in [2.45, 2.75) is 32.6 Å². The third-order valence-electron chi connectivity index (χ3n) is 3.65. The van der Waals surface area contributed by atoms with Crippen molar-refractivity contribution in [1.29, 1.82) is 0 Å². The zero-order chi connectivity index (χ0) is 12.3. The van der Waals surface area contributed by atoms with E-state index in [1.54, 1.807) is 0 Å². The van der Waals surface area contributed by atoms with Crippen molar-refractivity contribution in [2.75, 3.05) is 18.0 Å². The molecule has 1 saturated heterocycles. The van der Waals surface area contributed by atoms with Crippen LogP contribution in [0.25, 0.3) is 0 Å². The van der Waals surface area contributed by atoms with Gasteiger partial charge < -0.3 is 4.90 Å². The molecule has 4 heteroatoms. The van der Waals surface area contributed by atoms with Crippen LogP contribution in [0.15, 0.2) is 12.1 Å². The van der Waals surface area contributed by atoms with Gasteiger partial charge in [0.05, 0.1) is 11.6 Å². The maximum Gasteiger partial charge on any atom is 0.151 e. The number of piperidine rings is 1. The van der Waals surface area contributed by atoms with Crippen LogP contribution in [-0.2, 0) is 5.88 Å². The van der Waals surface area contributed by atoms with Gasteiger partial charge in [0.25, 0.3) is 0 Å². The summed E-state index contributed by atoms with van der Waals surface area (Å²) < 4.78 is 0. The maximum absolute atomic E-state index is 5.70. The summed E-state index contributed by atoms with van der Waals surface area (Å²) in [7, 11) is 0. The molecule has 1 fully saturated rings. The van der Waals surface area contributed by atoms with Gasteiger partial charge in [-0.25, -0.2) is 0 Å². The van der Waals surface area contributed by atoms with E-state index >= 15 is 0 Å². The average Bonchev–Trinajstić information content (AvgIpc) is 2.39. The molecule has 2 heterocycles. The largest absolute Gasteiger partial charge is 0.355 e. The van der Waals surface area contributed by atoms with Crippen LogP contribution in [0.4, 0.5) is 5.82 Å². The summed E-state index contributed by atoms with van der Waals surface area (Å²) in [6.45, 7) is 6.82. The molecular formula is C13H20ClN3. The summed E-state index contributed by atoms with van der Waals surface area (Å²) >= 11 is 5.70. The highest BCUT2D eigenvalue weighted by molar-refractivity contribution is 6.16. The van der Waals surface area contributed by atoms with Gasteiger partial charge in [-0.3, -0.25) is 0 Å². The molecule has 2 rings (SSSR count). The van der Waals surface area contributed by atoms with Gasteiger partial charge in [-0.1, -0.05) is 13.8 Å². The summed E-state index contributed by atoms with van der Waals surface area (Å²) in [5, 5.41) is 8.34. The van der Waals surface area contributed by atoms with Crippen molar-refractivity contribution in [3.63, 3.8) is 0 Å². The van der Waals surface area contributed by atoms with Crippen LogP contribution in [-0.4, -0.2) is 23.3 Å². The molecule has 0 saturated carbocycles. The summed E-state index contributed by atoms with van der Waals surface area (Å²) in [5.74, 6) is 3.08. The Balaban J connectivity index is 1.95. The quantitative estimate of drug-likeness (QED) is 0.776. The first-order valence-electron chi connectivity index (χ1n) is 6.34. The van der Waals surface area contributed by atoms with Crippen molar-refractivity contribution in [1.82, 2.24) is 10.2 Å². The van der Waals surface area contributed by atoms with Crippen molar-refractivity contribution in [2.24, 2.45) is 11.8 Å². The van der Waals surface area contributed by atoms with Crippen LogP contribution < -0.4 is 4.90 Å². The molecule has 0 amide bonds. The molecule has 1 aromatic heterocycles. The van der Waals surface area contributed by atoms with Crippen LogP contribution in [0.2, 0.25) is 0 Å². The van der Waals surface area contributed by atoms with Crippen LogP contribution in [0.3, 0.4) is 0 Å². The Kier molecular flexibility index (Phi) is 4.21. The lowest BCUT2D eigenvalue weighted by Gasteiger charge is -2.34. The maximum atomic E-state index is 5.70. The van der Waals surface area contributed by atoms with E-state index in [4.69, 9.17) is 11.6 Å². The standard InChI is InChI=1S/C13H20ClN3/c1-10(2)11-5-7-17(8-6-11)13-4-3-12(9-14)15-16-13/h3-4,10-11H,5-9H2,1-2H3. The fraction of sp³-hybridized carbons (Fsp3) is 0.692. The van der Waals surface area contributed by atoms with Crippen LogP contribution >= 0.6 is 11.6 Å². The van der Waals surface area contributed by atoms with Crippen LogP contribution in [0.1, 0.15) is 32.4 Å². The Bertz CT molecular complexity index is 342. The minimum Gasteiger partial charge on any atom is -0.355 e. The number of hydrogen-bond donors (Lipinski definition) is 0. The number of aromatic nitrogens is 2. The molecule has 0 spiro atoms. The molecule has 0 aliphatic carbocycles. The Morgan fingerprint density at radius 3 is 2.47 bits per heavy atom. The van der Waals surface area contributed by atoms with Crippen molar-refractivity contribution in [3.05, 3.63) is 17.8 Å². The Morgan fingerprint density at radius 2 is 2.00 bits per heavy atom. The lowest BCUT2D eigenvalue weighted by Crippen LogP contribution is -2.35. The van der Waals surface area contributed by atoms with E-state index in [0.717, 1.165) is 36.4 Å². The second-order valence-corrected chi connectivity index (χ2v) is 5.35. The van der Waals surface area contributed by atoms with Gasteiger partial charge in [0, 0.05) is 13.1 Å². The molecule has 0 N–H and O–H groups in total. The highest BCUT2D eigenvalue weighted by Crippen LogP contribution is 2.26. The summed E-state index contributed by atoms with van der Waals surface area (Å²) in [6, 6.07) is 3.99. The molecule has 0 atom stereocenters. The molecular weight excluding hydrogens is 234 g/mol. The zero-order valence-corrected chi connectivity index (χ0v) is 11.3. The fourth-order valence-corrected chi connectivity index (χ4v) is 2.53. The second kappa shape index (κ2) is 5.67. The average molecular weight is 254 g/mol. The van der Waals surface area contributed by atoms with E-state index in [9.17, 15) is 0 Å². The van der Waals surface area contributed by atoms with Crippen LogP contribution in [0, 0.1) is 11.8 Å². The summed E-state index contributed by atoms with van der Waals surface area (Å²) in [5.41, 5.74) is 0.840. The predicted octanol–water partition coefficient (Wildman–Crippen LogP) is 3.09. The van der Waals surface area contributed by atoms with E-state index in [0.29, 0.717) is 5.88 Å². The number of rotatable bonds is 3. The third kappa shape index (κ3) is 3.09. The first-order valence-corrected chi connectivity index (χ1v) is 6.87.